The molecule has 2 aromatic rings. The van der Waals surface area contributed by atoms with Gasteiger partial charge in [0.25, 0.3) is 0 Å². The molecule has 2 atom stereocenters. The first-order chi connectivity index (χ1) is 10.4. The van der Waals surface area contributed by atoms with Crippen LogP contribution in [-0.4, -0.2) is 33.4 Å². The van der Waals surface area contributed by atoms with Crippen molar-refractivity contribution in [2.24, 2.45) is 11.8 Å². The molecule has 1 aromatic carbocycles. The van der Waals surface area contributed by atoms with E-state index in [1.165, 1.54) is 6.33 Å². The van der Waals surface area contributed by atoms with Crippen LogP contribution in [0.5, 0.6) is 0 Å². The fourth-order valence-corrected chi connectivity index (χ4v) is 3.29. The summed E-state index contributed by atoms with van der Waals surface area (Å²) in [5, 5.41) is 0. The average molecular weight is 307 g/mol. The predicted octanol–water partition coefficient (Wildman–Crippen LogP) is 2.82. The number of imidazole rings is 1. The van der Waals surface area contributed by atoms with Crippen molar-refractivity contribution in [3.05, 3.63) is 30.1 Å². The van der Waals surface area contributed by atoms with E-state index in [1.807, 2.05) is 4.90 Å². The van der Waals surface area contributed by atoms with Crippen molar-refractivity contribution in [3.8, 4) is 0 Å². The Morgan fingerprint density at radius 1 is 1.23 bits per heavy atom. The minimum Gasteiger partial charge on any atom is -0.341 e. The van der Waals surface area contributed by atoms with Crippen LogP contribution in [0.25, 0.3) is 11.0 Å². The molecule has 4 nitrogen and oxygen atoms in total. The Bertz CT molecular complexity index is 703. The van der Waals surface area contributed by atoms with Gasteiger partial charge in [-0.1, -0.05) is 13.8 Å². The second-order valence-corrected chi connectivity index (χ2v) is 6.37. The monoisotopic (exact) mass is 307 g/mol. The number of nitrogens with zero attached hydrogens (tertiary/aromatic N) is 3. The molecule has 2 unspecified atom stereocenters. The summed E-state index contributed by atoms with van der Waals surface area (Å²) in [6, 6.07) is 2.14. The predicted molar refractivity (Wildman–Crippen MR) is 79.2 cm³/mol. The molecule has 0 aliphatic carbocycles. The van der Waals surface area contributed by atoms with E-state index in [0.717, 1.165) is 31.6 Å². The zero-order valence-corrected chi connectivity index (χ0v) is 12.7. The van der Waals surface area contributed by atoms with Crippen LogP contribution in [0.2, 0.25) is 0 Å². The molecule has 0 saturated carbocycles. The van der Waals surface area contributed by atoms with E-state index < -0.39 is 11.6 Å². The van der Waals surface area contributed by atoms with Crippen molar-refractivity contribution in [2.75, 3.05) is 13.1 Å². The number of halogens is 2. The SMILES string of the molecule is CC1CC(C)CN(C(=O)Cn2cnc3cc(F)c(F)cc32)C1. The number of hydrogen-bond donors (Lipinski definition) is 0. The van der Waals surface area contributed by atoms with E-state index in [9.17, 15) is 13.6 Å². The van der Waals surface area contributed by atoms with Gasteiger partial charge in [0.15, 0.2) is 11.6 Å². The lowest BCUT2D eigenvalue weighted by atomic mass is 9.92. The minimum atomic E-state index is -0.929. The number of likely N-dealkylation sites (tertiary alicyclic amines) is 1. The molecule has 1 aromatic heterocycles. The summed E-state index contributed by atoms with van der Waals surface area (Å²) in [6.07, 6.45) is 2.58. The van der Waals surface area contributed by atoms with E-state index in [4.69, 9.17) is 0 Å². The number of hydrogen-bond acceptors (Lipinski definition) is 2. The molecule has 0 radical (unpaired) electrons. The smallest absolute Gasteiger partial charge is 0.242 e. The molecule has 118 valence electrons. The van der Waals surface area contributed by atoms with Crippen LogP contribution in [0.3, 0.4) is 0 Å². The molecule has 6 heteroatoms. The third-order valence-electron chi connectivity index (χ3n) is 4.19. The highest BCUT2D eigenvalue weighted by atomic mass is 19.2. The maximum atomic E-state index is 13.4. The Morgan fingerprint density at radius 3 is 2.55 bits per heavy atom. The number of fused-ring (bicyclic) bond motifs is 1. The van der Waals surface area contributed by atoms with Gasteiger partial charge in [-0.2, -0.15) is 0 Å². The summed E-state index contributed by atoms with van der Waals surface area (Å²) in [6.45, 7) is 5.88. The lowest BCUT2D eigenvalue weighted by Gasteiger charge is -2.35. The topological polar surface area (TPSA) is 38.1 Å². The first-order valence-corrected chi connectivity index (χ1v) is 7.51. The second kappa shape index (κ2) is 5.66. The minimum absolute atomic E-state index is 0.0116. The van der Waals surface area contributed by atoms with Crippen LogP contribution >= 0.6 is 0 Å². The maximum absolute atomic E-state index is 13.4. The molecule has 0 bridgehead atoms. The zero-order chi connectivity index (χ0) is 15.9. The summed E-state index contributed by atoms with van der Waals surface area (Å²) >= 11 is 0. The molecule has 0 spiro atoms. The quantitative estimate of drug-likeness (QED) is 0.855. The summed E-state index contributed by atoms with van der Waals surface area (Å²) in [5.74, 6) is -0.898. The van der Waals surface area contributed by atoms with Crippen molar-refractivity contribution in [1.29, 1.82) is 0 Å². The summed E-state index contributed by atoms with van der Waals surface area (Å²) < 4.78 is 28.2. The Labute approximate surface area is 127 Å². The maximum Gasteiger partial charge on any atom is 0.242 e. The van der Waals surface area contributed by atoms with Gasteiger partial charge < -0.3 is 9.47 Å². The Hall–Kier alpha value is -1.98. The van der Waals surface area contributed by atoms with Crippen LogP contribution in [0.4, 0.5) is 8.78 Å². The summed E-state index contributed by atoms with van der Waals surface area (Å²) in [7, 11) is 0. The van der Waals surface area contributed by atoms with Gasteiger partial charge in [0.2, 0.25) is 5.91 Å². The largest absolute Gasteiger partial charge is 0.341 e. The van der Waals surface area contributed by atoms with Gasteiger partial charge >= 0.3 is 0 Å². The van der Waals surface area contributed by atoms with E-state index in [1.54, 1.807) is 4.57 Å². The molecule has 2 heterocycles. The standard InChI is InChI=1S/C16H19F2N3O/c1-10-3-11(2)7-20(6-10)16(22)8-21-9-19-14-4-12(17)13(18)5-15(14)21/h4-5,9-11H,3,6-8H2,1-2H3. The summed E-state index contributed by atoms with van der Waals surface area (Å²) in [5.41, 5.74) is 0.789. The second-order valence-electron chi connectivity index (χ2n) is 6.37. The molecule has 22 heavy (non-hydrogen) atoms. The van der Waals surface area contributed by atoms with Gasteiger partial charge in [0.1, 0.15) is 6.54 Å². The molecule has 1 saturated heterocycles. The van der Waals surface area contributed by atoms with Crippen LogP contribution in [-0.2, 0) is 11.3 Å². The molecule has 3 rings (SSSR count). The van der Waals surface area contributed by atoms with Gasteiger partial charge in [-0.05, 0) is 18.3 Å². The Balaban J connectivity index is 1.81. The number of carbonyl (C=O) groups excluding carboxylic acids is 1. The average Bonchev–Trinajstić information content (AvgIpc) is 2.80. The molecule has 1 aliphatic heterocycles. The van der Waals surface area contributed by atoms with Crippen LogP contribution in [0.1, 0.15) is 20.3 Å². The molecule has 0 N–H and O–H groups in total. The highest BCUT2D eigenvalue weighted by molar-refractivity contribution is 5.80. The van der Waals surface area contributed by atoms with Crippen molar-refractivity contribution in [1.82, 2.24) is 14.5 Å². The third-order valence-corrected chi connectivity index (χ3v) is 4.19. The molecular weight excluding hydrogens is 288 g/mol. The van der Waals surface area contributed by atoms with Crippen molar-refractivity contribution >= 4 is 16.9 Å². The zero-order valence-electron chi connectivity index (χ0n) is 12.7. The highest BCUT2D eigenvalue weighted by Gasteiger charge is 2.25. The van der Waals surface area contributed by atoms with Gasteiger partial charge in [0, 0.05) is 25.2 Å². The molecule has 1 aliphatic rings. The lowest BCUT2D eigenvalue weighted by molar-refractivity contribution is -0.134. The first-order valence-electron chi connectivity index (χ1n) is 7.51. The Kier molecular flexibility index (Phi) is 3.85. The molecule has 1 fully saturated rings. The highest BCUT2D eigenvalue weighted by Crippen LogP contribution is 2.22. The van der Waals surface area contributed by atoms with Gasteiger partial charge in [-0.25, -0.2) is 13.8 Å². The number of amides is 1. The van der Waals surface area contributed by atoms with E-state index in [2.05, 4.69) is 18.8 Å². The number of piperidine rings is 1. The van der Waals surface area contributed by atoms with Crippen molar-refractivity contribution in [2.45, 2.75) is 26.8 Å². The number of aromatic nitrogens is 2. The van der Waals surface area contributed by atoms with Crippen molar-refractivity contribution in [3.63, 3.8) is 0 Å². The summed E-state index contributed by atoms with van der Waals surface area (Å²) in [4.78, 5) is 18.3. The normalized spacial score (nSPS) is 22.3. The van der Waals surface area contributed by atoms with Crippen LogP contribution in [0, 0.1) is 23.5 Å². The number of benzene rings is 1. The van der Waals surface area contributed by atoms with Gasteiger partial charge in [0.05, 0.1) is 17.4 Å². The van der Waals surface area contributed by atoms with E-state index >= 15 is 0 Å². The van der Waals surface area contributed by atoms with Crippen LogP contribution in [0.15, 0.2) is 18.5 Å². The van der Waals surface area contributed by atoms with E-state index in [-0.39, 0.29) is 12.5 Å². The Morgan fingerprint density at radius 2 is 1.86 bits per heavy atom. The third kappa shape index (κ3) is 2.82. The fourth-order valence-electron chi connectivity index (χ4n) is 3.29. The lowest BCUT2D eigenvalue weighted by Crippen LogP contribution is -2.43. The van der Waals surface area contributed by atoms with Crippen molar-refractivity contribution < 1.29 is 13.6 Å². The van der Waals surface area contributed by atoms with E-state index in [0.29, 0.717) is 22.9 Å². The first kappa shape index (κ1) is 14.9. The fraction of sp³-hybridized carbons (Fsp3) is 0.500. The van der Waals surface area contributed by atoms with Gasteiger partial charge in [-0.15, -0.1) is 0 Å². The van der Waals surface area contributed by atoms with Gasteiger partial charge in [-0.3, -0.25) is 4.79 Å². The molecular formula is C16H19F2N3O. The molecule has 1 amide bonds. The number of carbonyl (C=O) groups is 1. The van der Waals surface area contributed by atoms with Crippen LogP contribution < -0.4 is 0 Å². The number of rotatable bonds is 2.